The summed E-state index contributed by atoms with van der Waals surface area (Å²) in [6.45, 7) is -0.290. The lowest BCUT2D eigenvalue weighted by molar-refractivity contribution is -0.142. The summed E-state index contributed by atoms with van der Waals surface area (Å²) in [5, 5.41) is 16.1. The number of hydrogen-bond donors (Lipinski definition) is 2. The van der Waals surface area contributed by atoms with Gasteiger partial charge in [0.2, 0.25) is 0 Å². The minimum Gasteiger partial charge on any atom is -0.464 e. The fourth-order valence-electron chi connectivity index (χ4n) is 1.66. The molecule has 0 radical (unpaired) electrons. The van der Waals surface area contributed by atoms with E-state index in [9.17, 15) is 9.59 Å². The van der Waals surface area contributed by atoms with Crippen molar-refractivity contribution >= 4 is 29.4 Å². The van der Waals surface area contributed by atoms with Crippen LogP contribution in [0.25, 0.3) is 0 Å². The van der Waals surface area contributed by atoms with E-state index < -0.39 is 17.3 Å². The lowest BCUT2D eigenvalue weighted by Gasteiger charge is -2.44. The fraction of sp³-hybridized carbons (Fsp3) is 0.444. The lowest BCUT2D eigenvalue weighted by Crippen LogP contribution is -2.62. The molecule has 16 heavy (non-hydrogen) atoms. The SMILES string of the molecule is COC(=O)C1=C(CO)CSC2C(=N)C(=O)N12. The predicted molar refractivity (Wildman–Crippen MR) is 56.9 cm³/mol. The zero-order valence-corrected chi connectivity index (χ0v) is 9.34. The van der Waals surface area contributed by atoms with Gasteiger partial charge in [0.25, 0.3) is 5.91 Å². The highest BCUT2D eigenvalue weighted by Gasteiger charge is 2.50. The van der Waals surface area contributed by atoms with Crippen LogP contribution in [0, 0.1) is 5.41 Å². The third-order valence-corrected chi connectivity index (χ3v) is 3.77. The third kappa shape index (κ3) is 1.35. The van der Waals surface area contributed by atoms with Gasteiger partial charge in [0.15, 0.2) is 0 Å². The number of methoxy groups -OCH3 is 1. The second-order valence-electron chi connectivity index (χ2n) is 3.35. The molecule has 2 N–H and O–H groups in total. The second-order valence-corrected chi connectivity index (χ2v) is 4.42. The van der Waals surface area contributed by atoms with Gasteiger partial charge in [0.05, 0.1) is 13.7 Å². The topological polar surface area (TPSA) is 90.7 Å². The summed E-state index contributed by atoms with van der Waals surface area (Å²) in [4.78, 5) is 24.2. The number of aliphatic hydroxyl groups is 1. The minimum atomic E-state index is -0.643. The average molecular weight is 242 g/mol. The number of β-lactam (4-membered cyclic amide) rings is 1. The molecule has 0 aromatic heterocycles. The summed E-state index contributed by atoms with van der Waals surface area (Å²) < 4.78 is 4.58. The highest BCUT2D eigenvalue weighted by molar-refractivity contribution is 8.01. The van der Waals surface area contributed by atoms with Crippen molar-refractivity contribution in [2.75, 3.05) is 19.5 Å². The van der Waals surface area contributed by atoms with Crippen LogP contribution in [0.3, 0.4) is 0 Å². The van der Waals surface area contributed by atoms with Gasteiger partial charge in [-0.15, -0.1) is 11.8 Å². The van der Waals surface area contributed by atoms with Gasteiger partial charge < -0.3 is 9.84 Å². The summed E-state index contributed by atoms with van der Waals surface area (Å²) >= 11 is 1.34. The van der Waals surface area contributed by atoms with Crippen molar-refractivity contribution in [1.29, 1.82) is 5.41 Å². The number of nitrogens with one attached hydrogen (secondary N) is 1. The Morgan fingerprint density at radius 3 is 3.00 bits per heavy atom. The molecule has 1 fully saturated rings. The maximum Gasteiger partial charge on any atom is 0.354 e. The maximum absolute atomic E-state index is 11.5. The molecular weight excluding hydrogens is 232 g/mol. The van der Waals surface area contributed by atoms with E-state index in [1.54, 1.807) is 0 Å². The molecule has 1 saturated heterocycles. The fourth-order valence-corrected chi connectivity index (χ4v) is 2.86. The maximum atomic E-state index is 11.5. The molecule has 2 heterocycles. The van der Waals surface area contributed by atoms with E-state index in [1.807, 2.05) is 0 Å². The van der Waals surface area contributed by atoms with Gasteiger partial charge in [0.1, 0.15) is 16.8 Å². The van der Waals surface area contributed by atoms with Gasteiger partial charge in [-0.1, -0.05) is 0 Å². The summed E-state index contributed by atoms with van der Waals surface area (Å²) in [5.41, 5.74) is 0.548. The molecule has 0 saturated carbocycles. The number of carbonyl (C=O) groups excluding carboxylic acids is 2. The van der Waals surface area contributed by atoms with E-state index in [1.165, 1.54) is 23.8 Å². The molecule has 1 amide bonds. The molecular formula is C9H10N2O4S. The van der Waals surface area contributed by atoms with Gasteiger partial charge in [-0.05, 0) is 5.57 Å². The van der Waals surface area contributed by atoms with Crippen LogP contribution in [-0.4, -0.2) is 52.4 Å². The molecule has 2 aliphatic heterocycles. The van der Waals surface area contributed by atoms with Crippen molar-refractivity contribution in [2.45, 2.75) is 5.37 Å². The van der Waals surface area contributed by atoms with Crippen LogP contribution in [0.5, 0.6) is 0 Å². The van der Waals surface area contributed by atoms with Crippen LogP contribution in [0.15, 0.2) is 11.3 Å². The number of ether oxygens (including phenoxy) is 1. The Morgan fingerprint density at radius 1 is 1.75 bits per heavy atom. The molecule has 1 unspecified atom stereocenters. The molecule has 0 aromatic carbocycles. The highest BCUT2D eigenvalue weighted by Crippen LogP contribution is 2.38. The van der Waals surface area contributed by atoms with Crippen molar-refractivity contribution < 1.29 is 19.4 Å². The first-order chi connectivity index (χ1) is 7.61. The van der Waals surface area contributed by atoms with Gasteiger partial charge in [-0.3, -0.25) is 15.1 Å². The van der Waals surface area contributed by atoms with Crippen LogP contribution in [0.4, 0.5) is 0 Å². The Morgan fingerprint density at radius 2 is 2.44 bits per heavy atom. The number of rotatable bonds is 2. The van der Waals surface area contributed by atoms with Crippen molar-refractivity contribution in [1.82, 2.24) is 4.90 Å². The monoisotopic (exact) mass is 242 g/mol. The van der Waals surface area contributed by atoms with Crippen molar-refractivity contribution in [3.63, 3.8) is 0 Å². The number of amides is 1. The number of fused-ring (bicyclic) bond motifs is 1. The van der Waals surface area contributed by atoms with Gasteiger partial charge in [-0.25, -0.2) is 4.79 Å². The lowest BCUT2D eigenvalue weighted by atomic mass is 10.1. The first kappa shape index (κ1) is 11.2. The molecule has 0 aliphatic carbocycles. The Bertz CT molecular complexity index is 418. The van der Waals surface area contributed by atoms with E-state index >= 15 is 0 Å². The molecule has 86 valence electrons. The number of carbonyl (C=O) groups is 2. The predicted octanol–water partition coefficient (Wildman–Crippen LogP) is -0.659. The second kappa shape index (κ2) is 3.91. The normalized spacial score (nSPS) is 24.1. The minimum absolute atomic E-state index is 0.0107. The van der Waals surface area contributed by atoms with Gasteiger partial charge >= 0.3 is 5.97 Å². The quantitative estimate of drug-likeness (QED) is 0.495. The Hall–Kier alpha value is -1.34. The van der Waals surface area contributed by atoms with Crippen LogP contribution < -0.4 is 0 Å². The van der Waals surface area contributed by atoms with E-state index in [4.69, 9.17) is 10.5 Å². The van der Waals surface area contributed by atoms with E-state index in [-0.39, 0.29) is 18.0 Å². The Labute approximate surface area is 95.8 Å². The van der Waals surface area contributed by atoms with Crippen LogP contribution in [0.1, 0.15) is 0 Å². The molecule has 1 atom stereocenters. The summed E-state index contributed by atoms with van der Waals surface area (Å²) in [5.74, 6) is -0.712. The molecule has 2 rings (SSSR count). The van der Waals surface area contributed by atoms with Crippen molar-refractivity contribution in [3.8, 4) is 0 Å². The summed E-state index contributed by atoms with van der Waals surface area (Å²) in [7, 11) is 1.22. The Balaban J connectivity index is 2.40. The molecule has 6 nitrogen and oxygen atoms in total. The number of hydrogen-bond acceptors (Lipinski definition) is 6. The third-order valence-electron chi connectivity index (χ3n) is 2.49. The standard InChI is InChI=1S/C9H10N2O4S/c1-15-9(14)6-4(2-12)3-16-8-5(10)7(13)11(6)8/h8,10,12H,2-3H2,1H3. The number of thioether (sulfide) groups is 1. The summed E-state index contributed by atoms with van der Waals surface area (Å²) in [6, 6.07) is 0. The smallest absolute Gasteiger partial charge is 0.354 e. The van der Waals surface area contributed by atoms with E-state index in [0.29, 0.717) is 11.3 Å². The van der Waals surface area contributed by atoms with Crippen LogP contribution >= 0.6 is 11.8 Å². The first-order valence-corrected chi connectivity index (χ1v) is 5.61. The van der Waals surface area contributed by atoms with Crippen LogP contribution in [0.2, 0.25) is 0 Å². The molecule has 0 bridgehead atoms. The number of aliphatic hydroxyl groups excluding tert-OH is 1. The molecule has 0 spiro atoms. The van der Waals surface area contributed by atoms with Gasteiger partial charge in [-0.2, -0.15) is 0 Å². The zero-order chi connectivity index (χ0) is 11.9. The van der Waals surface area contributed by atoms with E-state index in [0.717, 1.165) is 0 Å². The van der Waals surface area contributed by atoms with Crippen LogP contribution in [-0.2, 0) is 14.3 Å². The van der Waals surface area contributed by atoms with Crippen molar-refractivity contribution in [2.24, 2.45) is 0 Å². The van der Waals surface area contributed by atoms with E-state index in [2.05, 4.69) is 4.74 Å². The highest BCUT2D eigenvalue weighted by atomic mass is 32.2. The summed E-state index contributed by atoms with van der Waals surface area (Å²) in [6.07, 6.45) is 0. The molecule has 2 aliphatic rings. The molecule has 0 aromatic rings. The molecule has 7 heteroatoms. The number of esters is 1. The number of nitrogens with zero attached hydrogens (tertiary/aromatic N) is 1. The Kier molecular flexibility index (Phi) is 2.73. The van der Waals surface area contributed by atoms with Crippen molar-refractivity contribution in [3.05, 3.63) is 11.3 Å². The zero-order valence-electron chi connectivity index (χ0n) is 8.52. The average Bonchev–Trinajstić information content (AvgIpc) is 2.34. The largest absolute Gasteiger partial charge is 0.464 e. The first-order valence-electron chi connectivity index (χ1n) is 4.56. The van der Waals surface area contributed by atoms with Gasteiger partial charge in [0, 0.05) is 5.75 Å².